The highest BCUT2D eigenvalue weighted by Crippen LogP contribution is 2.20. The molecule has 1 atom stereocenters. The smallest absolute Gasteiger partial charge is 0.307 e. The number of hydrogen-bond acceptors (Lipinski definition) is 5. The van der Waals surface area contributed by atoms with Gasteiger partial charge in [-0.2, -0.15) is 0 Å². The lowest BCUT2D eigenvalue weighted by Crippen LogP contribution is -2.43. The van der Waals surface area contributed by atoms with Crippen LogP contribution >= 0.6 is 0 Å². The number of carbonyl (C=O) groups excluding carboxylic acids is 1. The van der Waals surface area contributed by atoms with Crippen molar-refractivity contribution in [3.63, 3.8) is 0 Å². The van der Waals surface area contributed by atoms with Gasteiger partial charge in [0.15, 0.2) is 0 Å². The number of carbonyl (C=O) groups is 2. The Balaban J connectivity index is 2.61. The first-order chi connectivity index (χ1) is 8.36. The van der Waals surface area contributed by atoms with Crippen molar-refractivity contribution in [2.75, 3.05) is 26.0 Å². The number of sulfonamides is 1. The van der Waals surface area contributed by atoms with Crippen molar-refractivity contribution < 1.29 is 27.9 Å². The van der Waals surface area contributed by atoms with Crippen molar-refractivity contribution in [3.05, 3.63) is 0 Å². The van der Waals surface area contributed by atoms with Crippen LogP contribution in [0.4, 0.5) is 0 Å². The highest BCUT2D eigenvalue weighted by molar-refractivity contribution is 7.89. The van der Waals surface area contributed by atoms with Gasteiger partial charge in [-0.25, -0.2) is 12.7 Å². The zero-order chi connectivity index (χ0) is 13.8. The maximum Gasteiger partial charge on any atom is 0.307 e. The maximum atomic E-state index is 11.9. The van der Waals surface area contributed by atoms with Gasteiger partial charge < -0.3 is 9.84 Å². The molecule has 0 bridgehead atoms. The van der Waals surface area contributed by atoms with E-state index in [1.165, 1.54) is 7.11 Å². The summed E-state index contributed by atoms with van der Waals surface area (Å²) in [6.07, 6.45) is 0.792. The van der Waals surface area contributed by atoms with Gasteiger partial charge in [0, 0.05) is 13.1 Å². The number of piperidine rings is 1. The summed E-state index contributed by atoms with van der Waals surface area (Å²) < 4.78 is 29.3. The lowest BCUT2D eigenvalue weighted by Gasteiger charge is -2.29. The van der Waals surface area contributed by atoms with Crippen molar-refractivity contribution in [2.24, 2.45) is 5.92 Å². The number of methoxy groups -OCH3 is 1. The van der Waals surface area contributed by atoms with Gasteiger partial charge in [-0.15, -0.1) is 0 Å². The van der Waals surface area contributed by atoms with E-state index in [1.54, 1.807) is 0 Å². The van der Waals surface area contributed by atoms with Crippen molar-refractivity contribution in [1.29, 1.82) is 0 Å². The van der Waals surface area contributed by atoms with Crippen LogP contribution in [0.1, 0.15) is 19.3 Å². The minimum atomic E-state index is -3.59. The van der Waals surface area contributed by atoms with Crippen molar-refractivity contribution in [1.82, 2.24) is 4.31 Å². The highest BCUT2D eigenvalue weighted by Gasteiger charge is 2.32. The third-order valence-electron chi connectivity index (χ3n) is 2.92. The molecule has 1 N–H and O–H groups in total. The molecule has 1 fully saturated rings. The lowest BCUT2D eigenvalue weighted by molar-refractivity contribution is -0.143. The molecule has 1 rings (SSSR count). The molecule has 0 saturated carbocycles. The molecule has 1 heterocycles. The molecular formula is C10H17NO6S. The Morgan fingerprint density at radius 3 is 2.67 bits per heavy atom. The quantitative estimate of drug-likeness (QED) is 0.692. The Morgan fingerprint density at radius 2 is 2.11 bits per heavy atom. The summed E-state index contributed by atoms with van der Waals surface area (Å²) in [5, 5.41) is 8.88. The second-order valence-electron chi connectivity index (χ2n) is 4.18. The fourth-order valence-corrected chi connectivity index (χ4v) is 3.34. The van der Waals surface area contributed by atoms with E-state index in [1.807, 2.05) is 0 Å². The first kappa shape index (κ1) is 14.9. The van der Waals surface area contributed by atoms with Crippen LogP contribution in [0.15, 0.2) is 0 Å². The summed E-state index contributed by atoms with van der Waals surface area (Å²) in [7, 11) is -2.39. The number of hydrogen-bond donors (Lipinski definition) is 1. The second kappa shape index (κ2) is 6.14. The van der Waals surface area contributed by atoms with Gasteiger partial charge in [0.05, 0.1) is 25.2 Å². The largest absolute Gasteiger partial charge is 0.481 e. The molecule has 0 radical (unpaired) electrons. The van der Waals surface area contributed by atoms with Crippen molar-refractivity contribution in [3.8, 4) is 0 Å². The van der Waals surface area contributed by atoms with Crippen LogP contribution in [-0.4, -0.2) is 55.7 Å². The number of carboxylic acids is 1. The molecule has 18 heavy (non-hydrogen) atoms. The van der Waals surface area contributed by atoms with Crippen molar-refractivity contribution >= 4 is 22.0 Å². The zero-order valence-corrected chi connectivity index (χ0v) is 11.0. The van der Waals surface area contributed by atoms with Gasteiger partial charge in [0.1, 0.15) is 0 Å². The van der Waals surface area contributed by atoms with Crippen LogP contribution in [0.2, 0.25) is 0 Å². The molecule has 7 nitrogen and oxygen atoms in total. The molecule has 1 aliphatic heterocycles. The maximum absolute atomic E-state index is 11.9. The molecule has 8 heteroatoms. The minimum Gasteiger partial charge on any atom is -0.481 e. The predicted molar refractivity (Wildman–Crippen MR) is 62.4 cm³/mol. The Bertz CT molecular complexity index is 418. The van der Waals surface area contributed by atoms with E-state index in [2.05, 4.69) is 4.74 Å². The molecule has 0 unspecified atom stereocenters. The van der Waals surface area contributed by atoms with Gasteiger partial charge in [-0.1, -0.05) is 0 Å². The van der Waals surface area contributed by atoms with Crippen LogP contribution < -0.4 is 0 Å². The highest BCUT2D eigenvalue weighted by atomic mass is 32.2. The average Bonchev–Trinajstić information content (AvgIpc) is 2.36. The lowest BCUT2D eigenvalue weighted by atomic mass is 10.0. The first-order valence-electron chi connectivity index (χ1n) is 5.64. The first-order valence-corrected chi connectivity index (χ1v) is 7.25. The number of carboxylic acid groups (broad SMARTS) is 1. The van der Waals surface area contributed by atoms with Gasteiger partial charge in [-0.05, 0) is 12.8 Å². The molecule has 0 amide bonds. The van der Waals surface area contributed by atoms with E-state index in [0.717, 1.165) is 4.31 Å². The minimum absolute atomic E-state index is 0.0150. The Hall–Kier alpha value is -1.15. The zero-order valence-electron chi connectivity index (χ0n) is 10.2. The average molecular weight is 279 g/mol. The van der Waals surface area contributed by atoms with Gasteiger partial charge in [0.25, 0.3) is 0 Å². The number of esters is 1. The summed E-state index contributed by atoms with van der Waals surface area (Å²) >= 11 is 0. The Morgan fingerprint density at radius 1 is 1.44 bits per heavy atom. The normalized spacial score (nSPS) is 21.5. The fraction of sp³-hybridized carbons (Fsp3) is 0.800. The number of rotatable bonds is 5. The van der Waals surface area contributed by atoms with E-state index < -0.39 is 27.9 Å². The molecule has 0 aromatic heterocycles. The number of aliphatic carboxylic acids is 1. The standard InChI is InChI=1S/C10H17NO6S/c1-17-9(12)4-6-18(15,16)11-5-2-3-8(7-11)10(13)14/h8H,2-7H2,1H3,(H,13,14)/t8-/m0/s1. The van der Waals surface area contributed by atoms with E-state index in [4.69, 9.17) is 5.11 Å². The van der Waals surface area contributed by atoms with E-state index in [-0.39, 0.29) is 18.7 Å². The SMILES string of the molecule is COC(=O)CCS(=O)(=O)N1CCC[C@H](C(=O)O)C1. The van der Waals surface area contributed by atoms with Crippen LogP contribution in [0, 0.1) is 5.92 Å². The van der Waals surface area contributed by atoms with Crippen LogP contribution in [0.25, 0.3) is 0 Å². The molecule has 0 spiro atoms. The van der Waals surface area contributed by atoms with E-state index in [9.17, 15) is 18.0 Å². The van der Waals surface area contributed by atoms with Crippen LogP contribution in [0.5, 0.6) is 0 Å². The Labute approximate surface area is 106 Å². The summed E-state index contributed by atoms with van der Waals surface area (Å²) in [4.78, 5) is 21.8. The third-order valence-corrected chi connectivity index (χ3v) is 4.76. The topological polar surface area (TPSA) is 101 Å². The Kier molecular flexibility index (Phi) is 5.09. The number of ether oxygens (including phenoxy) is 1. The molecule has 0 aromatic carbocycles. The molecule has 0 aromatic rings. The monoisotopic (exact) mass is 279 g/mol. The molecular weight excluding hydrogens is 262 g/mol. The fourth-order valence-electron chi connectivity index (χ4n) is 1.84. The van der Waals surface area contributed by atoms with E-state index in [0.29, 0.717) is 19.4 Å². The molecule has 1 saturated heterocycles. The van der Waals surface area contributed by atoms with Crippen LogP contribution in [-0.2, 0) is 24.3 Å². The molecule has 1 aliphatic rings. The van der Waals surface area contributed by atoms with Gasteiger partial charge in [0.2, 0.25) is 10.0 Å². The third kappa shape index (κ3) is 3.95. The number of nitrogens with zero attached hydrogens (tertiary/aromatic N) is 1. The predicted octanol–water partition coefficient (Wildman–Crippen LogP) is -0.324. The molecule has 0 aliphatic carbocycles. The second-order valence-corrected chi connectivity index (χ2v) is 6.27. The molecule has 104 valence electrons. The summed E-state index contributed by atoms with van der Waals surface area (Å²) in [6, 6.07) is 0. The van der Waals surface area contributed by atoms with Gasteiger partial charge >= 0.3 is 11.9 Å². The van der Waals surface area contributed by atoms with E-state index >= 15 is 0 Å². The summed E-state index contributed by atoms with van der Waals surface area (Å²) in [6.45, 7) is 0.298. The summed E-state index contributed by atoms with van der Waals surface area (Å²) in [5.41, 5.74) is 0. The van der Waals surface area contributed by atoms with Crippen molar-refractivity contribution in [2.45, 2.75) is 19.3 Å². The summed E-state index contributed by atoms with van der Waals surface area (Å²) in [5.74, 6) is -2.58. The van der Waals surface area contributed by atoms with Gasteiger partial charge in [-0.3, -0.25) is 9.59 Å². The van der Waals surface area contributed by atoms with Crippen LogP contribution in [0.3, 0.4) is 0 Å².